The van der Waals surface area contributed by atoms with E-state index < -0.39 is 86.5 Å². The van der Waals surface area contributed by atoms with E-state index in [2.05, 4.69) is 5.32 Å². The van der Waals surface area contributed by atoms with Crippen molar-refractivity contribution in [2.75, 3.05) is 20.3 Å². The van der Waals surface area contributed by atoms with Crippen LogP contribution in [0.25, 0.3) is 0 Å². The van der Waals surface area contributed by atoms with Gasteiger partial charge in [0, 0.05) is 7.05 Å². The van der Waals surface area contributed by atoms with Crippen molar-refractivity contribution in [3.05, 3.63) is 0 Å². The number of aliphatic hydroxyl groups excluding tert-OH is 8. The maximum absolute atomic E-state index is 11.6. The van der Waals surface area contributed by atoms with Crippen molar-refractivity contribution < 1.29 is 59.9 Å². The van der Waals surface area contributed by atoms with Crippen molar-refractivity contribution in [3.8, 4) is 0 Å². The zero-order chi connectivity index (χ0) is 21.2. The standard InChI is InChI=1S/C15H27NO12/c1-16-14(25)11(24)13-9(22)8(21)12(5(3-18)26-13)28-15-10(23)7(20)6(19)4(2-17)27-15/h4-13,15,17-24H,2-3H2,1H3,(H,16,25)/t4-,5-,6+,7+,8-,9-,10-,11?,12-,13?,15?/m1/s1. The molecule has 0 spiro atoms. The summed E-state index contributed by atoms with van der Waals surface area (Å²) < 4.78 is 15.8. The van der Waals surface area contributed by atoms with Gasteiger partial charge in [-0.15, -0.1) is 0 Å². The van der Waals surface area contributed by atoms with E-state index in [4.69, 9.17) is 14.2 Å². The van der Waals surface area contributed by atoms with Gasteiger partial charge >= 0.3 is 0 Å². The molecule has 0 saturated carbocycles. The van der Waals surface area contributed by atoms with Crippen molar-refractivity contribution >= 4 is 5.91 Å². The molecule has 164 valence electrons. The van der Waals surface area contributed by atoms with Crippen LogP contribution in [0.5, 0.6) is 0 Å². The second-order valence-corrected chi connectivity index (χ2v) is 6.66. The topological polar surface area (TPSA) is 219 Å². The summed E-state index contributed by atoms with van der Waals surface area (Å²) in [5.41, 5.74) is 0. The Kier molecular flexibility index (Phi) is 8.06. The Balaban J connectivity index is 2.16. The number of hydrogen-bond acceptors (Lipinski definition) is 12. The van der Waals surface area contributed by atoms with E-state index in [1.165, 1.54) is 7.05 Å². The van der Waals surface area contributed by atoms with E-state index in [0.29, 0.717) is 0 Å². The molecule has 0 aromatic carbocycles. The van der Waals surface area contributed by atoms with Crippen molar-refractivity contribution in [2.45, 2.75) is 67.3 Å². The molecule has 13 heteroatoms. The molecule has 2 saturated heterocycles. The number of rotatable bonds is 6. The average molecular weight is 413 g/mol. The van der Waals surface area contributed by atoms with Crippen molar-refractivity contribution in [3.63, 3.8) is 0 Å². The minimum Gasteiger partial charge on any atom is -0.394 e. The number of ether oxygens (including phenoxy) is 3. The lowest BCUT2D eigenvalue weighted by atomic mass is 9.91. The predicted octanol–water partition coefficient (Wildman–Crippen LogP) is -6.24. The van der Waals surface area contributed by atoms with Crippen molar-refractivity contribution in [1.82, 2.24) is 5.32 Å². The lowest BCUT2D eigenvalue weighted by Crippen LogP contribution is -2.66. The summed E-state index contributed by atoms with van der Waals surface area (Å²) in [5.74, 6) is -0.888. The van der Waals surface area contributed by atoms with Gasteiger partial charge in [-0.1, -0.05) is 0 Å². The van der Waals surface area contributed by atoms with Crippen LogP contribution >= 0.6 is 0 Å². The first-order valence-electron chi connectivity index (χ1n) is 8.66. The Hall–Kier alpha value is -0.970. The van der Waals surface area contributed by atoms with Crippen LogP contribution < -0.4 is 5.32 Å². The fourth-order valence-corrected chi connectivity index (χ4v) is 3.18. The minimum absolute atomic E-state index is 0.707. The second kappa shape index (κ2) is 9.69. The quantitative estimate of drug-likeness (QED) is 0.199. The molecule has 11 atom stereocenters. The molecule has 2 rings (SSSR count). The highest BCUT2D eigenvalue weighted by atomic mass is 16.7. The summed E-state index contributed by atoms with van der Waals surface area (Å²) >= 11 is 0. The normalized spacial score (nSPS) is 45.5. The Morgan fingerprint density at radius 3 is 2.07 bits per heavy atom. The fraction of sp³-hybridized carbons (Fsp3) is 0.933. The van der Waals surface area contributed by atoms with E-state index >= 15 is 0 Å². The largest absolute Gasteiger partial charge is 0.394 e. The number of nitrogens with one attached hydrogen (secondary N) is 1. The monoisotopic (exact) mass is 413 g/mol. The van der Waals surface area contributed by atoms with Gasteiger partial charge in [0.2, 0.25) is 0 Å². The fourth-order valence-electron chi connectivity index (χ4n) is 3.18. The molecule has 2 heterocycles. The summed E-state index contributed by atoms with van der Waals surface area (Å²) in [4.78, 5) is 11.6. The summed E-state index contributed by atoms with van der Waals surface area (Å²) in [7, 11) is 1.24. The number of likely N-dealkylation sites (N-methyl/N-ethyl adjacent to an activating group) is 1. The predicted molar refractivity (Wildman–Crippen MR) is 86.5 cm³/mol. The summed E-state index contributed by atoms with van der Waals surface area (Å²) in [5, 5.41) is 81.0. The maximum atomic E-state index is 11.6. The van der Waals surface area contributed by atoms with Gasteiger partial charge in [0.05, 0.1) is 13.2 Å². The van der Waals surface area contributed by atoms with Crippen LogP contribution in [0.3, 0.4) is 0 Å². The van der Waals surface area contributed by atoms with Gasteiger partial charge in [-0.25, -0.2) is 0 Å². The van der Waals surface area contributed by atoms with Gasteiger partial charge in [-0.3, -0.25) is 4.79 Å². The van der Waals surface area contributed by atoms with Crippen LogP contribution in [0.2, 0.25) is 0 Å². The second-order valence-electron chi connectivity index (χ2n) is 6.66. The smallest absolute Gasteiger partial charge is 0.251 e. The molecule has 28 heavy (non-hydrogen) atoms. The van der Waals surface area contributed by atoms with E-state index in [9.17, 15) is 45.6 Å². The highest BCUT2D eigenvalue weighted by Crippen LogP contribution is 2.30. The Labute approximate surface area is 159 Å². The molecule has 3 unspecified atom stereocenters. The van der Waals surface area contributed by atoms with E-state index in [0.717, 1.165) is 0 Å². The number of carbonyl (C=O) groups is 1. The minimum atomic E-state index is -1.85. The van der Waals surface area contributed by atoms with Crippen molar-refractivity contribution in [1.29, 1.82) is 0 Å². The van der Waals surface area contributed by atoms with Gasteiger partial charge < -0.3 is 60.4 Å². The molecule has 2 fully saturated rings. The molecule has 0 aromatic rings. The SMILES string of the molecule is CNC(=O)C(O)C1O[C@H](CO)[C@@H](OC2O[C@H](CO)[C@H](O)[C@H](O)[C@H]2O)[C@H](O)[C@H]1O. The Morgan fingerprint density at radius 1 is 0.929 bits per heavy atom. The molecule has 2 aliphatic heterocycles. The molecule has 1 amide bonds. The third-order valence-electron chi connectivity index (χ3n) is 4.87. The third kappa shape index (κ3) is 4.44. The molecule has 2 aliphatic rings. The summed E-state index contributed by atoms with van der Waals surface area (Å²) in [6.07, 6.45) is -18.0. The zero-order valence-corrected chi connectivity index (χ0v) is 15.0. The van der Waals surface area contributed by atoms with Crippen molar-refractivity contribution in [2.24, 2.45) is 0 Å². The molecule has 0 aromatic heterocycles. The van der Waals surface area contributed by atoms with E-state index in [1.54, 1.807) is 0 Å². The third-order valence-corrected chi connectivity index (χ3v) is 4.87. The Bertz CT molecular complexity index is 519. The lowest BCUT2D eigenvalue weighted by Gasteiger charge is -2.46. The highest BCUT2D eigenvalue weighted by molar-refractivity contribution is 5.80. The van der Waals surface area contributed by atoms with Gasteiger partial charge in [-0.2, -0.15) is 0 Å². The number of amides is 1. The zero-order valence-electron chi connectivity index (χ0n) is 15.0. The van der Waals surface area contributed by atoms with Crippen LogP contribution in [0.4, 0.5) is 0 Å². The van der Waals surface area contributed by atoms with Crippen LogP contribution in [0.15, 0.2) is 0 Å². The van der Waals surface area contributed by atoms with Gasteiger partial charge in [0.1, 0.15) is 54.9 Å². The van der Waals surface area contributed by atoms with Gasteiger partial charge in [0.15, 0.2) is 12.4 Å². The van der Waals surface area contributed by atoms with Gasteiger partial charge in [-0.05, 0) is 0 Å². The lowest BCUT2D eigenvalue weighted by molar-refractivity contribution is -0.344. The molecule has 13 nitrogen and oxygen atoms in total. The maximum Gasteiger partial charge on any atom is 0.251 e. The number of carbonyl (C=O) groups excluding carboxylic acids is 1. The van der Waals surface area contributed by atoms with E-state index in [-0.39, 0.29) is 0 Å². The summed E-state index contributed by atoms with van der Waals surface area (Å²) in [6, 6.07) is 0. The highest BCUT2D eigenvalue weighted by Gasteiger charge is 2.52. The number of aliphatic hydroxyl groups is 8. The molecule has 0 bridgehead atoms. The van der Waals surface area contributed by atoms with E-state index in [1.807, 2.05) is 0 Å². The molecule has 0 aliphatic carbocycles. The first-order valence-corrected chi connectivity index (χ1v) is 8.66. The molecule has 0 radical (unpaired) electrons. The van der Waals surface area contributed by atoms with Crippen LogP contribution in [-0.4, -0.2) is 134 Å². The number of hydrogen-bond donors (Lipinski definition) is 9. The molecule has 9 N–H and O–H groups in total. The van der Waals surface area contributed by atoms with Crippen LogP contribution in [-0.2, 0) is 19.0 Å². The Morgan fingerprint density at radius 2 is 1.54 bits per heavy atom. The first-order chi connectivity index (χ1) is 13.2. The van der Waals surface area contributed by atoms with Crippen LogP contribution in [0.1, 0.15) is 0 Å². The van der Waals surface area contributed by atoms with Crippen LogP contribution in [0, 0.1) is 0 Å². The molecular formula is C15H27NO12. The molecular weight excluding hydrogens is 386 g/mol. The first kappa shape index (κ1) is 23.3. The van der Waals surface area contributed by atoms with Gasteiger partial charge in [0.25, 0.3) is 5.91 Å². The average Bonchev–Trinajstić information content (AvgIpc) is 2.70. The summed E-state index contributed by atoms with van der Waals surface area (Å²) in [6.45, 7) is -1.47.